The van der Waals surface area contributed by atoms with Crippen molar-refractivity contribution in [2.75, 3.05) is 19.3 Å². The van der Waals surface area contributed by atoms with E-state index >= 15 is 0 Å². The molecular weight excluding hydrogens is 390 g/mol. The number of aryl methyl sites for hydroxylation is 3. The van der Waals surface area contributed by atoms with Crippen molar-refractivity contribution in [2.45, 2.75) is 64.5 Å². The van der Waals surface area contributed by atoms with Crippen LogP contribution in [-0.4, -0.2) is 59.1 Å². The molecule has 29 heavy (non-hydrogen) atoms. The lowest BCUT2D eigenvalue weighted by molar-refractivity contribution is 0.0620. The molecule has 1 amide bonds. The van der Waals surface area contributed by atoms with Gasteiger partial charge < -0.3 is 9.47 Å². The average Bonchev–Trinajstić information content (AvgIpc) is 2.86. The molecule has 1 saturated heterocycles. The molecule has 0 aromatic carbocycles. The summed E-state index contributed by atoms with van der Waals surface area (Å²) in [6.07, 6.45) is 8.16. The van der Waals surface area contributed by atoms with E-state index < -0.39 is 10.0 Å². The van der Waals surface area contributed by atoms with Crippen molar-refractivity contribution >= 4 is 27.1 Å². The standard InChI is InChI=1S/C20H29N5O3S/c1-14-12-16(18-19(22-14)25-11-6-3-4-9-17(25)23-18)20(26)24-10-7-5-8-15(24)13-21-29(2,27)28/h12,15,21H,3-11,13H2,1-2H3. The highest BCUT2D eigenvalue weighted by Crippen LogP contribution is 2.27. The summed E-state index contributed by atoms with van der Waals surface area (Å²) in [5, 5.41) is 0. The third-order valence-corrected chi connectivity index (χ3v) is 6.58. The van der Waals surface area contributed by atoms with Crippen molar-refractivity contribution < 1.29 is 13.2 Å². The van der Waals surface area contributed by atoms with Crippen molar-refractivity contribution in [1.29, 1.82) is 0 Å². The minimum absolute atomic E-state index is 0.0752. The summed E-state index contributed by atoms with van der Waals surface area (Å²) in [7, 11) is -3.30. The van der Waals surface area contributed by atoms with E-state index in [2.05, 4.69) is 9.29 Å². The fraction of sp³-hybridized carbons (Fsp3) is 0.650. The largest absolute Gasteiger partial charge is 0.334 e. The van der Waals surface area contributed by atoms with Crippen molar-refractivity contribution in [3.05, 3.63) is 23.1 Å². The highest BCUT2D eigenvalue weighted by molar-refractivity contribution is 7.88. The van der Waals surface area contributed by atoms with E-state index in [-0.39, 0.29) is 18.5 Å². The zero-order valence-corrected chi connectivity index (χ0v) is 18.0. The Morgan fingerprint density at radius 2 is 1.97 bits per heavy atom. The minimum Gasteiger partial charge on any atom is -0.334 e. The molecule has 4 heterocycles. The maximum atomic E-state index is 13.6. The van der Waals surface area contributed by atoms with Crippen LogP contribution in [0.3, 0.4) is 0 Å². The number of fused-ring (bicyclic) bond motifs is 3. The summed E-state index contributed by atoms with van der Waals surface area (Å²) in [5.41, 5.74) is 2.86. The van der Waals surface area contributed by atoms with Crippen molar-refractivity contribution in [3.8, 4) is 0 Å². The number of piperidine rings is 1. The van der Waals surface area contributed by atoms with E-state index in [0.717, 1.165) is 68.5 Å². The quantitative estimate of drug-likeness (QED) is 0.818. The lowest BCUT2D eigenvalue weighted by atomic mass is 10.0. The Hall–Kier alpha value is -2.00. The van der Waals surface area contributed by atoms with E-state index in [0.29, 0.717) is 17.6 Å². The monoisotopic (exact) mass is 419 g/mol. The number of rotatable bonds is 4. The number of aromatic nitrogens is 3. The molecule has 4 rings (SSSR count). The van der Waals surface area contributed by atoms with Gasteiger partial charge >= 0.3 is 0 Å². The maximum absolute atomic E-state index is 13.6. The van der Waals surface area contributed by atoms with Crippen LogP contribution >= 0.6 is 0 Å². The number of sulfonamides is 1. The van der Waals surface area contributed by atoms with E-state index in [4.69, 9.17) is 9.97 Å². The molecule has 1 fully saturated rings. The second-order valence-corrected chi connectivity index (χ2v) is 10.1. The van der Waals surface area contributed by atoms with Crippen molar-refractivity contribution in [1.82, 2.24) is 24.2 Å². The number of carbonyl (C=O) groups is 1. The van der Waals surface area contributed by atoms with Crippen molar-refractivity contribution in [2.24, 2.45) is 0 Å². The van der Waals surface area contributed by atoms with E-state index in [1.54, 1.807) is 0 Å². The predicted molar refractivity (Wildman–Crippen MR) is 111 cm³/mol. The van der Waals surface area contributed by atoms with Gasteiger partial charge in [-0.05, 0) is 45.1 Å². The number of nitrogens with zero attached hydrogens (tertiary/aromatic N) is 4. The average molecular weight is 420 g/mol. The van der Waals surface area contributed by atoms with Crippen LogP contribution < -0.4 is 4.72 Å². The molecule has 1 unspecified atom stereocenters. The second-order valence-electron chi connectivity index (χ2n) is 8.24. The lowest BCUT2D eigenvalue weighted by Gasteiger charge is -2.36. The topological polar surface area (TPSA) is 97.2 Å². The number of carbonyl (C=O) groups excluding carboxylic acids is 1. The highest BCUT2D eigenvalue weighted by Gasteiger charge is 2.30. The minimum atomic E-state index is -3.30. The molecule has 1 N–H and O–H groups in total. The molecule has 1 atom stereocenters. The van der Waals surface area contributed by atoms with Gasteiger partial charge in [-0.25, -0.2) is 23.1 Å². The summed E-state index contributed by atoms with van der Waals surface area (Å²) >= 11 is 0. The fourth-order valence-corrected chi connectivity index (χ4v) is 4.96. The van der Waals surface area contributed by atoms with Crippen LogP contribution in [0.15, 0.2) is 6.07 Å². The Bertz CT molecular complexity index is 1030. The van der Waals surface area contributed by atoms with Gasteiger partial charge in [0.2, 0.25) is 10.0 Å². The number of nitrogens with one attached hydrogen (secondary N) is 1. The fourth-order valence-electron chi connectivity index (χ4n) is 4.46. The number of amides is 1. The Kier molecular flexibility index (Phi) is 5.61. The summed E-state index contributed by atoms with van der Waals surface area (Å²) in [4.78, 5) is 24.9. The lowest BCUT2D eigenvalue weighted by Crippen LogP contribution is -2.49. The Morgan fingerprint density at radius 1 is 1.17 bits per heavy atom. The molecule has 0 radical (unpaired) electrons. The molecule has 0 bridgehead atoms. The number of likely N-dealkylation sites (tertiary alicyclic amines) is 1. The van der Waals surface area contributed by atoms with Crippen LogP contribution in [0.25, 0.3) is 11.2 Å². The van der Waals surface area contributed by atoms with Gasteiger partial charge in [0.25, 0.3) is 5.91 Å². The first-order valence-electron chi connectivity index (χ1n) is 10.5. The number of hydrogen-bond acceptors (Lipinski definition) is 5. The van der Waals surface area contributed by atoms with Gasteiger partial charge in [-0.1, -0.05) is 6.42 Å². The van der Waals surface area contributed by atoms with Gasteiger partial charge in [0.05, 0.1) is 11.8 Å². The molecule has 2 aliphatic heterocycles. The highest BCUT2D eigenvalue weighted by atomic mass is 32.2. The zero-order valence-electron chi connectivity index (χ0n) is 17.1. The van der Waals surface area contributed by atoms with Gasteiger partial charge in [-0.15, -0.1) is 0 Å². The number of hydrogen-bond donors (Lipinski definition) is 1. The molecule has 0 spiro atoms. The van der Waals surface area contributed by atoms with E-state index in [1.807, 2.05) is 17.9 Å². The second kappa shape index (κ2) is 8.02. The van der Waals surface area contributed by atoms with Gasteiger partial charge in [0, 0.05) is 37.8 Å². The molecule has 158 valence electrons. The van der Waals surface area contributed by atoms with Crippen LogP contribution in [0.4, 0.5) is 0 Å². The first kappa shape index (κ1) is 20.3. The number of imidazole rings is 1. The molecule has 8 nitrogen and oxygen atoms in total. The smallest absolute Gasteiger partial charge is 0.256 e. The molecule has 2 aromatic rings. The molecular formula is C20H29N5O3S. The van der Waals surface area contributed by atoms with Gasteiger partial charge in [-0.2, -0.15) is 0 Å². The molecule has 2 aromatic heterocycles. The summed E-state index contributed by atoms with van der Waals surface area (Å²) in [6.45, 7) is 3.68. The van der Waals surface area contributed by atoms with Gasteiger partial charge in [0.15, 0.2) is 5.65 Å². The molecule has 9 heteroatoms. The Morgan fingerprint density at radius 3 is 2.76 bits per heavy atom. The first-order chi connectivity index (χ1) is 13.8. The molecule has 0 saturated carbocycles. The zero-order chi connectivity index (χ0) is 20.6. The van der Waals surface area contributed by atoms with Crippen molar-refractivity contribution in [3.63, 3.8) is 0 Å². The molecule has 2 aliphatic rings. The first-order valence-corrected chi connectivity index (χ1v) is 12.3. The maximum Gasteiger partial charge on any atom is 0.256 e. The Balaban J connectivity index is 1.70. The van der Waals surface area contributed by atoms with Crippen LogP contribution in [0.2, 0.25) is 0 Å². The summed E-state index contributed by atoms with van der Waals surface area (Å²) in [5.74, 6) is 0.937. The third-order valence-electron chi connectivity index (χ3n) is 5.89. The Labute approximate surface area is 171 Å². The normalized spacial score (nSPS) is 20.5. The van der Waals surface area contributed by atoms with E-state index in [1.165, 1.54) is 6.42 Å². The van der Waals surface area contributed by atoms with Crippen LogP contribution in [0.1, 0.15) is 60.4 Å². The van der Waals surface area contributed by atoms with Gasteiger partial charge in [-0.3, -0.25) is 4.79 Å². The van der Waals surface area contributed by atoms with E-state index in [9.17, 15) is 13.2 Å². The van der Waals surface area contributed by atoms with Crippen LogP contribution in [0.5, 0.6) is 0 Å². The van der Waals surface area contributed by atoms with Gasteiger partial charge in [0.1, 0.15) is 11.3 Å². The summed E-state index contributed by atoms with van der Waals surface area (Å²) in [6, 6.07) is 1.68. The van der Waals surface area contributed by atoms with Crippen LogP contribution in [0, 0.1) is 6.92 Å². The predicted octanol–water partition coefficient (Wildman–Crippen LogP) is 2.01. The van der Waals surface area contributed by atoms with Crippen LogP contribution in [-0.2, 0) is 23.0 Å². The SMILES string of the molecule is Cc1cc(C(=O)N2CCCCC2CNS(C)(=O)=O)c2nc3n(c2n1)CCCCC3. The third kappa shape index (κ3) is 4.30. The number of pyridine rings is 1. The molecule has 0 aliphatic carbocycles. The summed E-state index contributed by atoms with van der Waals surface area (Å²) < 4.78 is 27.8.